The van der Waals surface area contributed by atoms with Crippen molar-refractivity contribution in [1.82, 2.24) is 0 Å². The highest BCUT2D eigenvalue weighted by Gasteiger charge is 2.16. The third kappa shape index (κ3) is 4.38. The zero-order valence-electron chi connectivity index (χ0n) is 11.3. The molecule has 1 N–H and O–H groups in total. The van der Waals surface area contributed by atoms with Crippen molar-refractivity contribution in [3.05, 3.63) is 29.8 Å². The molecule has 0 bridgehead atoms. The monoisotopic (exact) mass is 247 g/mol. The predicted molar refractivity (Wildman–Crippen MR) is 71.2 cm³/mol. The summed E-state index contributed by atoms with van der Waals surface area (Å²) in [6.45, 7) is 6.14. The van der Waals surface area contributed by atoms with E-state index in [1.807, 2.05) is 38.1 Å². The maximum absolute atomic E-state index is 9.61. The Kier molecular flexibility index (Phi) is 5.18. The Balaban J connectivity index is 2.48. The Morgan fingerprint density at radius 1 is 1.39 bits per heavy atom. The van der Waals surface area contributed by atoms with Crippen molar-refractivity contribution >= 4 is 0 Å². The van der Waals surface area contributed by atoms with Crippen LogP contribution in [0.3, 0.4) is 0 Å². The molecule has 0 saturated heterocycles. The summed E-state index contributed by atoms with van der Waals surface area (Å²) in [5.74, 6) is 0.724. The molecule has 0 aliphatic carbocycles. The molecule has 1 aromatic rings. The average molecular weight is 247 g/mol. The number of hydrogen-bond acceptors (Lipinski definition) is 3. The minimum Gasteiger partial charge on any atom is -0.493 e. The zero-order chi connectivity index (χ0) is 13.6. The van der Waals surface area contributed by atoms with E-state index < -0.39 is 6.10 Å². The van der Waals surface area contributed by atoms with Crippen molar-refractivity contribution in [2.45, 2.75) is 39.7 Å². The molecule has 0 aliphatic rings. The molecule has 3 heteroatoms. The van der Waals surface area contributed by atoms with Crippen molar-refractivity contribution in [1.29, 1.82) is 5.26 Å². The van der Waals surface area contributed by atoms with E-state index in [1.54, 1.807) is 6.92 Å². The van der Waals surface area contributed by atoms with Crippen LogP contribution in [-0.2, 0) is 0 Å². The van der Waals surface area contributed by atoms with Gasteiger partial charge in [-0.2, -0.15) is 5.26 Å². The van der Waals surface area contributed by atoms with E-state index in [-0.39, 0.29) is 5.41 Å². The van der Waals surface area contributed by atoms with Crippen LogP contribution in [0.5, 0.6) is 5.75 Å². The van der Waals surface area contributed by atoms with Crippen molar-refractivity contribution in [2.24, 2.45) is 5.41 Å². The second-order valence-electron chi connectivity index (χ2n) is 5.16. The van der Waals surface area contributed by atoms with Crippen LogP contribution in [0, 0.1) is 16.7 Å². The molecule has 0 radical (unpaired) electrons. The number of ether oxygens (including phenoxy) is 1. The highest BCUT2D eigenvalue weighted by molar-refractivity contribution is 5.34. The highest BCUT2D eigenvalue weighted by Crippen LogP contribution is 2.25. The van der Waals surface area contributed by atoms with Crippen molar-refractivity contribution in [3.8, 4) is 11.8 Å². The summed E-state index contributed by atoms with van der Waals surface area (Å²) < 4.78 is 5.67. The topological polar surface area (TPSA) is 53.2 Å². The fourth-order valence-electron chi connectivity index (χ4n) is 1.71. The van der Waals surface area contributed by atoms with Crippen LogP contribution < -0.4 is 4.74 Å². The van der Waals surface area contributed by atoms with Crippen LogP contribution in [0.25, 0.3) is 0 Å². The molecule has 3 nitrogen and oxygen atoms in total. The van der Waals surface area contributed by atoms with Crippen LogP contribution in [-0.4, -0.2) is 11.7 Å². The fourth-order valence-corrected chi connectivity index (χ4v) is 1.71. The summed E-state index contributed by atoms with van der Waals surface area (Å²) in [5.41, 5.74) is 0.504. The summed E-state index contributed by atoms with van der Waals surface area (Å²) in [7, 11) is 0. The number of rotatable bonds is 6. The maximum atomic E-state index is 9.61. The Morgan fingerprint density at radius 2 is 2.06 bits per heavy atom. The smallest absolute Gasteiger partial charge is 0.125 e. The summed E-state index contributed by atoms with van der Waals surface area (Å²) in [6, 6.07) is 9.76. The molecule has 1 aromatic carbocycles. The first-order valence-corrected chi connectivity index (χ1v) is 6.27. The molecule has 0 fully saturated rings. The molecule has 0 spiro atoms. The first-order chi connectivity index (χ1) is 8.46. The minimum atomic E-state index is -0.531. The van der Waals surface area contributed by atoms with Gasteiger partial charge >= 0.3 is 0 Å². The lowest BCUT2D eigenvalue weighted by molar-refractivity contribution is 0.190. The first kappa shape index (κ1) is 14.5. The molecule has 0 saturated carbocycles. The molecular formula is C15H21NO2. The number of benzene rings is 1. The number of nitrogens with zero attached hydrogens (tertiary/aromatic N) is 1. The summed E-state index contributed by atoms with van der Waals surface area (Å²) in [6.07, 6.45) is 1.10. The van der Waals surface area contributed by atoms with Gasteiger partial charge in [0.05, 0.1) is 24.2 Å². The second-order valence-corrected chi connectivity index (χ2v) is 5.16. The molecule has 0 heterocycles. The van der Waals surface area contributed by atoms with E-state index >= 15 is 0 Å². The van der Waals surface area contributed by atoms with E-state index in [2.05, 4.69) is 6.07 Å². The van der Waals surface area contributed by atoms with Gasteiger partial charge in [-0.1, -0.05) is 18.2 Å². The van der Waals surface area contributed by atoms with Crippen LogP contribution in [0.4, 0.5) is 0 Å². The van der Waals surface area contributed by atoms with E-state index in [0.29, 0.717) is 6.61 Å². The van der Waals surface area contributed by atoms with Crippen LogP contribution in [0.1, 0.15) is 45.3 Å². The molecule has 18 heavy (non-hydrogen) atoms. The number of nitriles is 1. The lowest BCUT2D eigenvalue weighted by Crippen LogP contribution is -2.10. The van der Waals surface area contributed by atoms with Gasteiger partial charge in [0.25, 0.3) is 0 Å². The zero-order valence-corrected chi connectivity index (χ0v) is 11.3. The summed E-state index contributed by atoms with van der Waals surface area (Å²) in [4.78, 5) is 0. The second kappa shape index (κ2) is 6.42. The minimum absolute atomic E-state index is 0.298. The number of para-hydroxylation sites is 1. The standard InChI is InChI=1S/C15H21NO2/c1-12(17)13-7-4-5-8-14(13)18-10-6-9-15(2,3)11-16/h4-5,7-8,12,17H,6,9-10H2,1-3H3/t12-/m0/s1. The van der Waals surface area contributed by atoms with E-state index in [0.717, 1.165) is 24.2 Å². The van der Waals surface area contributed by atoms with Gasteiger partial charge < -0.3 is 9.84 Å². The van der Waals surface area contributed by atoms with Gasteiger partial charge in [0.2, 0.25) is 0 Å². The summed E-state index contributed by atoms with van der Waals surface area (Å²) in [5, 5.41) is 18.5. The average Bonchev–Trinajstić information content (AvgIpc) is 2.35. The van der Waals surface area contributed by atoms with Gasteiger partial charge in [0.15, 0.2) is 0 Å². The third-order valence-corrected chi connectivity index (χ3v) is 2.88. The largest absolute Gasteiger partial charge is 0.493 e. The van der Waals surface area contributed by atoms with Crippen molar-refractivity contribution in [2.75, 3.05) is 6.61 Å². The lowest BCUT2D eigenvalue weighted by Gasteiger charge is -2.16. The first-order valence-electron chi connectivity index (χ1n) is 6.27. The Hall–Kier alpha value is -1.53. The quantitative estimate of drug-likeness (QED) is 0.783. The van der Waals surface area contributed by atoms with Crippen molar-refractivity contribution in [3.63, 3.8) is 0 Å². The predicted octanol–water partition coefficient (Wildman–Crippen LogP) is 3.45. The van der Waals surface area contributed by atoms with Crippen LogP contribution in [0.15, 0.2) is 24.3 Å². The van der Waals surface area contributed by atoms with Gasteiger partial charge in [-0.05, 0) is 39.7 Å². The molecule has 0 amide bonds. The third-order valence-electron chi connectivity index (χ3n) is 2.88. The summed E-state index contributed by atoms with van der Waals surface area (Å²) >= 11 is 0. The van der Waals surface area contributed by atoms with Gasteiger partial charge in [-0.3, -0.25) is 0 Å². The Morgan fingerprint density at radius 3 is 2.67 bits per heavy atom. The Bertz CT molecular complexity index is 419. The normalized spacial score (nSPS) is 12.8. The van der Waals surface area contributed by atoms with Crippen molar-refractivity contribution < 1.29 is 9.84 Å². The van der Waals surface area contributed by atoms with E-state index in [1.165, 1.54) is 0 Å². The maximum Gasteiger partial charge on any atom is 0.125 e. The lowest BCUT2D eigenvalue weighted by atomic mass is 9.90. The van der Waals surface area contributed by atoms with Gasteiger partial charge in [0.1, 0.15) is 5.75 Å². The van der Waals surface area contributed by atoms with Gasteiger partial charge in [-0.25, -0.2) is 0 Å². The highest BCUT2D eigenvalue weighted by atomic mass is 16.5. The SMILES string of the molecule is C[C@H](O)c1ccccc1OCCCC(C)(C)C#N. The molecule has 98 valence electrons. The molecular weight excluding hydrogens is 226 g/mol. The van der Waals surface area contributed by atoms with Gasteiger partial charge in [-0.15, -0.1) is 0 Å². The van der Waals surface area contributed by atoms with E-state index in [9.17, 15) is 5.11 Å². The molecule has 1 rings (SSSR count). The molecule has 1 atom stereocenters. The van der Waals surface area contributed by atoms with Gasteiger partial charge in [0, 0.05) is 5.56 Å². The number of aliphatic hydroxyl groups excluding tert-OH is 1. The van der Waals surface area contributed by atoms with E-state index in [4.69, 9.17) is 10.00 Å². The fraction of sp³-hybridized carbons (Fsp3) is 0.533. The molecule has 0 aromatic heterocycles. The van der Waals surface area contributed by atoms with Crippen LogP contribution in [0.2, 0.25) is 0 Å². The Labute approximate surface area is 109 Å². The molecule has 0 unspecified atom stereocenters. The number of aliphatic hydroxyl groups is 1. The number of hydrogen-bond donors (Lipinski definition) is 1. The molecule has 0 aliphatic heterocycles. The van der Waals surface area contributed by atoms with Crippen LogP contribution >= 0.6 is 0 Å².